The Hall–Kier alpha value is -2.25. The van der Waals surface area contributed by atoms with Gasteiger partial charge in [-0.25, -0.2) is 4.98 Å². The lowest BCUT2D eigenvalue weighted by Crippen LogP contribution is -2.34. The van der Waals surface area contributed by atoms with Crippen molar-refractivity contribution in [3.63, 3.8) is 0 Å². The smallest absolute Gasteiger partial charge is 0.251 e. The fourth-order valence-corrected chi connectivity index (χ4v) is 4.14. The minimum atomic E-state index is -0.0715. The van der Waals surface area contributed by atoms with Crippen LogP contribution < -0.4 is 5.56 Å². The second-order valence-corrected chi connectivity index (χ2v) is 7.54. The highest BCUT2D eigenvalue weighted by molar-refractivity contribution is 7.13. The van der Waals surface area contributed by atoms with Crippen LogP contribution in [0.4, 0.5) is 0 Å². The van der Waals surface area contributed by atoms with Crippen LogP contribution in [0.15, 0.2) is 40.8 Å². The highest BCUT2D eigenvalue weighted by atomic mass is 32.1. The molecule has 4 rings (SSSR count). The van der Waals surface area contributed by atoms with Gasteiger partial charge in [-0.3, -0.25) is 14.4 Å². The number of likely N-dealkylation sites (tertiary alicyclic amines) is 1. The van der Waals surface area contributed by atoms with Crippen LogP contribution in [0.5, 0.6) is 0 Å². The standard InChI is InChI=1S/C18H21N5OS/c1-22-10-13(9-19-22)11-23-6-2-4-14(12-23)15-8-17(24)21-18(20-15)16-5-3-7-25-16/h3,5,7-10,14H,2,4,6,11-12H2,1H3,(H,20,21,24)/t14-/m1/s1. The summed E-state index contributed by atoms with van der Waals surface area (Å²) in [5.41, 5.74) is 2.06. The summed E-state index contributed by atoms with van der Waals surface area (Å²) in [6.45, 7) is 2.90. The first kappa shape index (κ1) is 16.2. The van der Waals surface area contributed by atoms with Crippen molar-refractivity contribution in [1.29, 1.82) is 0 Å². The number of aromatic amines is 1. The summed E-state index contributed by atoms with van der Waals surface area (Å²) in [6, 6.07) is 5.63. The van der Waals surface area contributed by atoms with Gasteiger partial charge in [-0.15, -0.1) is 11.3 Å². The third kappa shape index (κ3) is 3.72. The molecule has 1 fully saturated rings. The van der Waals surface area contributed by atoms with Crippen LogP contribution in [-0.2, 0) is 13.6 Å². The topological polar surface area (TPSA) is 66.8 Å². The SMILES string of the molecule is Cn1cc(CN2CCC[C@@H](c3cc(=O)[nH]c(-c4cccs4)n3)C2)cn1. The zero-order valence-electron chi connectivity index (χ0n) is 14.2. The van der Waals surface area contributed by atoms with Crippen LogP contribution >= 0.6 is 11.3 Å². The van der Waals surface area contributed by atoms with Crippen molar-refractivity contribution in [1.82, 2.24) is 24.6 Å². The molecule has 130 valence electrons. The molecule has 25 heavy (non-hydrogen) atoms. The number of aryl methyl sites for hydroxylation is 1. The molecule has 4 heterocycles. The Labute approximate surface area is 150 Å². The Bertz CT molecular complexity index is 898. The molecular weight excluding hydrogens is 334 g/mol. The molecule has 1 aliphatic heterocycles. The Morgan fingerprint density at radius 3 is 3.12 bits per heavy atom. The molecule has 1 aliphatic rings. The van der Waals surface area contributed by atoms with Crippen molar-refractivity contribution >= 4 is 11.3 Å². The summed E-state index contributed by atoms with van der Waals surface area (Å²) in [6.07, 6.45) is 6.17. The fourth-order valence-electron chi connectivity index (χ4n) is 3.47. The summed E-state index contributed by atoms with van der Waals surface area (Å²) in [5, 5.41) is 6.24. The molecule has 3 aromatic heterocycles. The lowest BCUT2D eigenvalue weighted by molar-refractivity contribution is 0.198. The summed E-state index contributed by atoms with van der Waals surface area (Å²) in [5.74, 6) is 0.980. The van der Waals surface area contributed by atoms with Gasteiger partial charge >= 0.3 is 0 Å². The van der Waals surface area contributed by atoms with E-state index in [1.165, 1.54) is 5.56 Å². The van der Waals surface area contributed by atoms with Gasteiger partial charge in [-0.2, -0.15) is 5.10 Å². The molecule has 6 nitrogen and oxygen atoms in total. The quantitative estimate of drug-likeness (QED) is 0.781. The maximum absolute atomic E-state index is 12.1. The molecule has 1 atom stereocenters. The van der Waals surface area contributed by atoms with E-state index in [0.717, 1.165) is 43.0 Å². The van der Waals surface area contributed by atoms with Crippen molar-refractivity contribution in [3.05, 3.63) is 57.6 Å². The number of hydrogen-bond acceptors (Lipinski definition) is 5. The van der Waals surface area contributed by atoms with E-state index in [2.05, 4.69) is 21.2 Å². The van der Waals surface area contributed by atoms with Crippen molar-refractivity contribution in [2.45, 2.75) is 25.3 Å². The molecule has 0 aliphatic carbocycles. The van der Waals surface area contributed by atoms with Gasteiger partial charge in [-0.1, -0.05) is 6.07 Å². The van der Waals surface area contributed by atoms with Crippen molar-refractivity contribution in [2.75, 3.05) is 13.1 Å². The monoisotopic (exact) mass is 355 g/mol. The molecule has 0 spiro atoms. The predicted octanol–water partition coefficient (Wildman–Crippen LogP) is 2.61. The van der Waals surface area contributed by atoms with E-state index in [0.29, 0.717) is 11.7 Å². The number of hydrogen-bond donors (Lipinski definition) is 1. The predicted molar refractivity (Wildman–Crippen MR) is 98.6 cm³/mol. The summed E-state index contributed by atoms with van der Waals surface area (Å²) in [4.78, 5) is 23.2. The van der Waals surface area contributed by atoms with Gasteiger partial charge in [0, 0.05) is 43.9 Å². The van der Waals surface area contributed by atoms with Gasteiger partial charge in [-0.05, 0) is 30.8 Å². The summed E-state index contributed by atoms with van der Waals surface area (Å²) in [7, 11) is 1.94. The minimum Gasteiger partial charge on any atom is -0.306 e. The van der Waals surface area contributed by atoms with Gasteiger partial charge in [0.1, 0.15) is 5.82 Å². The molecule has 0 amide bonds. The molecule has 7 heteroatoms. The Morgan fingerprint density at radius 2 is 2.36 bits per heavy atom. The van der Waals surface area contributed by atoms with Crippen LogP contribution in [0.25, 0.3) is 10.7 Å². The first-order valence-electron chi connectivity index (χ1n) is 8.52. The van der Waals surface area contributed by atoms with Crippen LogP contribution in [-0.4, -0.2) is 37.7 Å². The lowest BCUT2D eigenvalue weighted by atomic mass is 9.94. The van der Waals surface area contributed by atoms with E-state index >= 15 is 0 Å². The normalized spacial score (nSPS) is 18.5. The molecule has 0 bridgehead atoms. The number of thiophene rings is 1. The maximum Gasteiger partial charge on any atom is 0.251 e. The number of nitrogens with zero attached hydrogens (tertiary/aromatic N) is 4. The van der Waals surface area contributed by atoms with Crippen LogP contribution in [0.1, 0.15) is 30.0 Å². The minimum absolute atomic E-state index is 0.0715. The number of nitrogens with one attached hydrogen (secondary N) is 1. The number of H-pyrrole nitrogens is 1. The zero-order valence-corrected chi connectivity index (χ0v) is 15.0. The van der Waals surface area contributed by atoms with Crippen molar-refractivity contribution in [2.24, 2.45) is 7.05 Å². The largest absolute Gasteiger partial charge is 0.306 e. The molecule has 3 aromatic rings. The average Bonchev–Trinajstić information content (AvgIpc) is 3.27. The van der Waals surface area contributed by atoms with Gasteiger partial charge < -0.3 is 4.98 Å². The fraction of sp³-hybridized carbons (Fsp3) is 0.389. The average molecular weight is 355 g/mol. The van der Waals surface area contributed by atoms with Crippen LogP contribution in [0.3, 0.4) is 0 Å². The number of rotatable bonds is 4. The Balaban J connectivity index is 1.54. The van der Waals surface area contributed by atoms with Crippen LogP contribution in [0, 0.1) is 0 Å². The molecule has 0 saturated carbocycles. The summed E-state index contributed by atoms with van der Waals surface area (Å²) < 4.78 is 1.84. The van der Waals surface area contributed by atoms with Gasteiger partial charge in [0.15, 0.2) is 0 Å². The highest BCUT2D eigenvalue weighted by Crippen LogP contribution is 2.28. The van der Waals surface area contributed by atoms with Crippen LogP contribution in [0.2, 0.25) is 0 Å². The lowest BCUT2D eigenvalue weighted by Gasteiger charge is -2.32. The molecular formula is C18H21N5OS. The van der Waals surface area contributed by atoms with Crippen molar-refractivity contribution in [3.8, 4) is 10.7 Å². The Morgan fingerprint density at radius 1 is 1.44 bits per heavy atom. The number of aromatic nitrogens is 4. The van der Waals surface area contributed by atoms with E-state index in [9.17, 15) is 4.79 Å². The van der Waals surface area contributed by atoms with E-state index in [4.69, 9.17) is 4.98 Å². The second kappa shape index (κ2) is 6.93. The van der Waals surface area contributed by atoms with E-state index in [1.54, 1.807) is 17.4 Å². The molecule has 1 saturated heterocycles. The highest BCUT2D eigenvalue weighted by Gasteiger charge is 2.23. The third-order valence-corrected chi connectivity index (χ3v) is 5.48. The number of piperidine rings is 1. The van der Waals surface area contributed by atoms with E-state index in [1.807, 2.05) is 35.4 Å². The van der Waals surface area contributed by atoms with E-state index < -0.39 is 0 Å². The molecule has 1 N–H and O–H groups in total. The first-order valence-corrected chi connectivity index (χ1v) is 9.40. The maximum atomic E-state index is 12.1. The van der Waals surface area contributed by atoms with E-state index in [-0.39, 0.29) is 5.56 Å². The van der Waals surface area contributed by atoms with Gasteiger partial charge in [0.2, 0.25) is 0 Å². The summed E-state index contributed by atoms with van der Waals surface area (Å²) >= 11 is 1.59. The van der Waals surface area contributed by atoms with Gasteiger partial charge in [0.05, 0.1) is 16.8 Å². The third-order valence-electron chi connectivity index (χ3n) is 4.60. The van der Waals surface area contributed by atoms with Gasteiger partial charge in [0.25, 0.3) is 5.56 Å². The Kier molecular flexibility index (Phi) is 4.50. The first-order chi connectivity index (χ1) is 12.2. The molecule has 0 aromatic carbocycles. The second-order valence-electron chi connectivity index (χ2n) is 6.59. The molecule has 0 radical (unpaired) electrons. The molecule has 0 unspecified atom stereocenters. The van der Waals surface area contributed by atoms with Crippen molar-refractivity contribution < 1.29 is 0 Å². The zero-order chi connectivity index (χ0) is 17.2.